The number of benzene rings is 1. The van der Waals surface area contributed by atoms with E-state index >= 15 is 0 Å². The van der Waals surface area contributed by atoms with Gasteiger partial charge in [-0.25, -0.2) is 14.4 Å². The number of hydrogen-bond acceptors (Lipinski definition) is 5. The zero-order valence-electron chi connectivity index (χ0n) is 16.4. The molecule has 4 rings (SSSR count). The van der Waals surface area contributed by atoms with E-state index in [9.17, 15) is 9.18 Å². The molecule has 2 aliphatic rings. The van der Waals surface area contributed by atoms with Crippen LogP contribution in [0.25, 0.3) is 0 Å². The van der Waals surface area contributed by atoms with Crippen LogP contribution >= 0.6 is 0 Å². The molecule has 2 aliphatic heterocycles. The topological polar surface area (TPSA) is 61.4 Å². The van der Waals surface area contributed by atoms with E-state index in [4.69, 9.17) is 0 Å². The smallest absolute Gasteiger partial charge is 0.257 e. The van der Waals surface area contributed by atoms with Gasteiger partial charge in [0.05, 0.1) is 17.0 Å². The first-order valence-electron chi connectivity index (χ1n) is 9.80. The van der Waals surface area contributed by atoms with Gasteiger partial charge in [-0.15, -0.1) is 0 Å². The summed E-state index contributed by atoms with van der Waals surface area (Å²) >= 11 is 0. The molecule has 6 nitrogen and oxygen atoms in total. The van der Waals surface area contributed by atoms with Crippen LogP contribution in [0, 0.1) is 31.5 Å². The van der Waals surface area contributed by atoms with E-state index in [1.165, 1.54) is 18.5 Å². The molecule has 28 heavy (non-hydrogen) atoms. The van der Waals surface area contributed by atoms with E-state index in [1.807, 2.05) is 24.8 Å². The lowest BCUT2D eigenvalue weighted by atomic mass is 10.0. The number of halogens is 1. The second-order valence-corrected chi connectivity index (χ2v) is 7.85. The first kappa shape index (κ1) is 18.8. The lowest BCUT2D eigenvalue weighted by molar-refractivity contribution is 0.0772. The Kier molecular flexibility index (Phi) is 5.26. The summed E-state index contributed by atoms with van der Waals surface area (Å²) in [6.07, 6.45) is 1.51. The molecular formula is C21H26FN5O. The molecule has 2 unspecified atom stereocenters. The predicted octanol–water partition coefficient (Wildman–Crippen LogP) is 2.35. The predicted molar refractivity (Wildman–Crippen MR) is 106 cm³/mol. The number of nitrogens with one attached hydrogen (secondary N) is 1. The second-order valence-electron chi connectivity index (χ2n) is 7.85. The van der Waals surface area contributed by atoms with Crippen molar-refractivity contribution in [3.05, 3.63) is 53.4 Å². The fraction of sp³-hybridized carbons (Fsp3) is 0.476. The van der Waals surface area contributed by atoms with Gasteiger partial charge in [0.25, 0.3) is 5.91 Å². The maximum atomic E-state index is 13.2. The van der Waals surface area contributed by atoms with Crippen molar-refractivity contribution in [2.75, 3.05) is 44.6 Å². The van der Waals surface area contributed by atoms with Crippen molar-refractivity contribution in [3.8, 4) is 0 Å². The normalized spacial score (nSPS) is 21.8. The molecule has 148 valence electrons. The quantitative estimate of drug-likeness (QED) is 0.859. The fourth-order valence-corrected chi connectivity index (χ4v) is 4.46. The van der Waals surface area contributed by atoms with E-state index in [2.05, 4.69) is 20.2 Å². The Morgan fingerprint density at radius 1 is 1.14 bits per heavy atom. The average Bonchev–Trinajstić information content (AvgIpc) is 3.20. The van der Waals surface area contributed by atoms with Crippen LogP contribution in [-0.2, 0) is 0 Å². The summed E-state index contributed by atoms with van der Waals surface area (Å²) in [7, 11) is 0. The van der Waals surface area contributed by atoms with Gasteiger partial charge in [0.2, 0.25) is 0 Å². The Morgan fingerprint density at radius 3 is 2.46 bits per heavy atom. The van der Waals surface area contributed by atoms with Crippen molar-refractivity contribution in [1.82, 2.24) is 19.8 Å². The SMILES string of the molecule is Cc1ncnc(C)c1C(=O)N1CC2CN(CCNc3cccc(F)c3)CC2C1. The Hall–Kier alpha value is -2.54. The largest absolute Gasteiger partial charge is 0.384 e. The highest BCUT2D eigenvalue weighted by Crippen LogP contribution is 2.32. The minimum Gasteiger partial charge on any atom is -0.384 e. The van der Waals surface area contributed by atoms with Crippen LogP contribution in [0.15, 0.2) is 30.6 Å². The summed E-state index contributed by atoms with van der Waals surface area (Å²) in [5.74, 6) is 0.871. The van der Waals surface area contributed by atoms with Crippen LogP contribution in [0.2, 0.25) is 0 Å². The molecular weight excluding hydrogens is 357 g/mol. The zero-order valence-corrected chi connectivity index (χ0v) is 16.4. The van der Waals surface area contributed by atoms with Crippen molar-refractivity contribution >= 4 is 11.6 Å². The van der Waals surface area contributed by atoms with Crippen molar-refractivity contribution in [3.63, 3.8) is 0 Å². The van der Waals surface area contributed by atoms with Crippen molar-refractivity contribution in [2.45, 2.75) is 13.8 Å². The lowest BCUT2D eigenvalue weighted by Crippen LogP contribution is -2.35. The highest BCUT2D eigenvalue weighted by atomic mass is 19.1. The van der Waals surface area contributed by atoms with Crippen LogP contribution in [0.3, 0.4) is 0 Å². The third-order valence-electron chi connectivity index (χ3n) is 5.87. The molecule has 2 aromatic rings. The number of aryl methyl sites for hydroxylation is 2. The number of amides is 1. The van der Waals surface area contributed by atoms with Gasteiger partial charge in [-0.1, -0.05) is 6.07 Å². The number of anilines is 1. The first-order valence-corrected chi connectivity index (χ1v) is 9.80. The van der Waals surface area contributed by atoms with Gasteiger partial charge in [0, 0.05) is 45.0 Å². The number of aromatic nitrogens is 2. The number of carbonyl (C=O) groups is 1. The number of nitrogens with zero attached hydrogens (tertiary/aromatic N) is 4. The summed E-state index contributed by atoms with van der Waals surface area (Å²) in [6, 6.07) is 6.55. The molecule has 1 aromatic heterocycles. The number of fused-ring (bicyclic) bond motifs is 1. The number of carbonyl (C=O) groups excluding carboxylic acids is 1. The van der Waals surface area contributed by atoms with Gasteiger partial charge in [-0.2, -0.15) is 0 Å². The van der Waals surface area contributed by atoms with Gasteiger partial charge in [0.1, 0.15) is 12.1 Å². The summed E-state index contributed by atoms with van der Waals surface area (Å²) in [5, 5.41) is 3.28. The van der Waals surface area contributed by atoms with E-state index in [1.54, 1.807) is 6.07 Å². The van der Waals surface area contributed by atoms with Gasteiger partial charge in [0.15, 0.2) is 0 Å². The summed E-state index contributed by atoms with van der Waals surface area (Å²) in [4.78, 5) is 25.7. The molecule has 0 aliphatic carbocycles. The third kappa shape index (κ3) is 3.85. The molecule has 0 radical (unpaired) electrons. The molecule has 3 heterocycles. The van der Waals surface area contributed by atoms with Gasteiger partial charge >= 0.3 is 0 Å². The van der Waals surface area contributed by atoms with Crippen LogP contribution in [0.4, 0.5) is 10.1 Å². The Labute approximate surface area is 164 Å². The standard InChI is InChI=1S/C21H26FN5O/c1-14-20(15(2)25-13-24-14)21(28)27-11-16-9-26(10-17(16)12-27)7-6-23-19-5-3-4-18(22)8-19/h3-5,8,13,16-17,23H,6-7,9-12H2,1-2H3. The van der Waals surface area contributed by atoms with Gasteiger partial charge in [-0.3, -0.25) is 4.79 Å². The maximum Gasteiger partial charge on any atom is 0.257 e. The molecule has 2 fully saturated rings. The molecule has 2 atom stereocenters. The van der Waals surface area contributed by atoms with Crippen molar-refractivity contribution in [1.29, 1.82) is 0 Å². The number of rotatable bonds is 5. The summed E-state index contributed by atoms with van der Waals surface area (Å²) in [5.41, 5.74) is 2.96. The highest BCUT2D eigenvalue weighted by molar-refractivity contribution is 5.96. The number of hydrogen-bond donors (Lipinski definition) is 1. The number of likely N-dealkylation sites (tertiary alicyclic amines) is 2. The molecule has 1 aromatic carbocycles. The Balaban J connectivity index is 1.28. The minimum absolute atomic E-state index is 0.0596. The molecule has 7 heteroatoms. The van der Waals surface area contributed by atoms with E-state index in [-0.39, 0.29) is 11.7 Å². The van der Waals surface area contributed by atoms with Crippen LogP contribution < -0.4 is 5.32 Å². The molecule has 1 N–H and O–H groups in total. The molecule has 0 spiro atoms. The highest BCUT2D eigenvalue weighted by Gasteiger charge is 2.41. The fourth-order valence-electron chi connectivity index (χ4n) is 4.46. The van der Waals surface area contributed by atoms with E-state index in [0.717, 1.165) is 56.3 Å². The van der Waals surface area contributed by atoms with Gasteiger partial charge < -0.3 is 15.1 Å². The molecule has 1 amide bonds. The minimum atomic E-state index is -0.222. The van der Waals surface area contributed by atoms with Crippen LogP contribution in [0.1, 0.15) is 21.7 Å². The summed E-state index contributed by atoms with van der Waals surface area (Å²) in [6.45, 7) is 9.03. The Morgan fingerprint density at radius 2 is 1.82 bits per heavy atom. The van der Waals surface area contributed by atoms with E-state index in [0.29, 0.717) is 17.4 Å². The van der Waals surface area contributed by atoms with Gasteiger partial charge in [-0.05, 0) is 43.9 Å². The summed E-state index contributed by atoms with van der Waals surface area (Å²) < 4.78 is 13.2. The van der Waals surface area contributed by atoms with Crippen LogP contribution in [-0.4, -0.2) is 64.9 Å². The van der Waals surface area contributed by atoms with E-state index < -0.39 is 0 Å². The monoisotopic (exact) mass is 383 g/mol. The average molecular weight is 383 g/mol. The van der Waals surface area contributed by atoms with Crippen molar-refractivity contribution < 1.29 is 9.18 Å². The molecule has 0 saturated carbocycles. The first-order chi connectivity index (χ1) is 13.5. The third-order valence-corrected chi connectivity index (χ3v) is 5.87. The molecule has 0 bridgehead atoms. The Bertz CT molecular complexity index is 839. The lowest BCUT2D eigenvalue weighted by Gasteiger charge is -2.22. The molecule has 2 saturated heterocycles. The van der Waals surface area contributed by atoms with Crippen molar-refractivity contribution in [2.24, 2.45) is 11.8 Å². The maximum absolute atomic E-state index is 13.2. The van der Waals surface area contributed by atoms with Crippen LogP contribution in [0.5, 0.6) is 0 Å². The second kappa shape index (κ2) is 7.83. The zero-order chi connectivity index (χ0) is 19.7.